The highest BCUT2D eigenvalue weighted by Gasteiger charge is 2.19. The van der Waals surface area contributed by atoms with Crippen molar-refractivity contribution in [2.45, 2.75) is 13.5 Å². The van der Waals surface area contributed by atoms with Gasteiger partial charge in [-0.25, -0.2) is 0 Å². The van der Waals surface area contributed by atoms with Crippen molar-refractivity contribution in [3.8, 4) is 0 Å². The highest BCUT2D eigenvalue weighted by Crippen LogP contribution is 2.23. The second-order valence-electron chi connectivity index (χ2n) is 6.11. The Hall–Kier alpha value is -3.08. The fourth-order valence-corrected chi connectivity index (χ4v) is 2.99. The van der Waals surface area contributed by atoms with Gasteiger partial charge >= 0.3 is 0 Å². The van der Waals surface area contributed by atoms with Crippen molar-refractivity contribution >= 4 is 22.7 Å². The third-order valence-corrected chi connectivity index (χ3v) is 4.32. The molecule has 2 amide bonds. The van der Waals surface area contributed by atoms with Crippen LogP contribution in [0.5, 0.6) is 0 Å². The first-order chi connectivity index (χ1) is 12.0. The van der Waals surface area contributed by atoms with Crippen LogP contribution in [0.1, 0.15) is 32.0 Å². The molecule has 0 radical (unpaired) electrons. The van der Waals surface area contributed by atoms with E-state index in [4.69, 9.17) is 0 Å². The number of aromatic amines is 1. The lowest BCUT2D eigenvalue weighted by atomic mass is 10.1. The third kappa shape index (κ3) is 3.26. The fraction of sp³-hybridized carbons (Fsp3) is 0.200. The van der Waals surface area contributed by atoms with Crippen LogP contribution in [0.2, 0.25) is 0 Å². The highest BCUT2D eigenvalue weighted by atomic mass is 16.2. The largest absolute Gasteiger partial charge is 0.358 e. The quantitative estimate of drug-likeness (QED) is 0.769. The van der Waals surface area contributed by atoms with Gasteiger partial charge in [-0.15, -0.1) is 0 Å². The van der Waals surface area contributed by atoms with Gasteiger partial charge < -0.3 is 15.2 Å². The minimum absolute atomic E-state index is 0.0228. The van der Waals surface area contributed by atoms with E-state index in [1.807, 2.05) is 43.3 Å². The Morgan fingerprint density at radius 2 is 1.76 bits per heavy atom. The first-order valence-corrected chi connectivity index (χ1v) is 8.15. The number of carbonyl (C=O) groups excluding carboxylic acids is 2. The molecular formula is C20H21N3O2. The van der Waals surface area contributed by atoms with E-state index in [2.05, 4.69) is 10.3 Å². The zero-order chi connectivity index (χ0) is 18.0. The van der Waals surface area contributed by atoms with Gasteiger partial charge in [-0.1, -0.05) is 30.3 Å². The molecule has 0 spiro atoms. The van der Waals surface area contributed by atoms with Crippen molar-refractivity contribution in [1.82, 2.24) is 15.2 Å². The number of fused-ring (bicyclic) bond motifs is 1. The summed E-state index contributed by atoms with van der Waals surface area (Å²) in [6.07, 6.45) is 0. The lowest BCUT2D eigenvalue weighted by Gasteiger charge is -2.18. The molecule has 128 valence electrons. The lowest BCUT2D eigenvalue weighted by Crippen LogP contribution is -2.26. The maximum Gasteiger partial charge on any atom is 0.256 e. The molecule has 25 heavy (non-hydrogen) atoms. The molecule has 5 heteroatoms. The van der Waals surface area contributed by atoms with Crippen molar-refractivity contribution in [2.24, 2.45) is 0 Å². The van der Waals surface area contributed by atoms with Gasteiger partial charge in [0.15, 0.2) is 0 Å². The van der Waals surface area contributed by atoms with Crippen molar-refractivity contribution in [3.05, 3.63) is 70.9 Å². The van der Waals surface area contributed by atoms with Gasteiger partial charge in [0.05, 0.1) is 5.56 Å². The minimum Gasteiger partial charge on any atom is -0.358 e. The van der Waals surface area contributed by atoms with E-state index in [0.717, 1.165) is 22.2 Å². The van der Waals surface area contributed by atoms with Gasteiger partial charge in [0, 0.05) is 42.8 Å². The molecule has 0 unspecified atom stereocenters. The number of hydrogen-bond acceptors (Lipinski definition) is 2. The van der Waals surface area contributed by atoms with Crippen LogP contribution in [0.3, 0.4) is 0 Å². The van der Waals surface area contributed by atoms with Crippen LogP contribution >= 0.6 is 0 Å². The van der Waals surface area contributed by atoms with Gasteiger partial charge in [-0.05, 0) is 30.7 Å². The van der Waals surface area contributed by atoms with Crippen molar-refractivity contribution in [1.29, 1.82) is 0 Å². The maximum absolute atomic E-state index is 12.9. The van der Waals surface area contributed by atoms with E-state index in [0.29, 0.717) is 17.7 Å². The number of para-hydroxylation sites is 1. The molecule has 0 aliphatic rings. The molecular weight excluding hydrogens is 314 g/mol. The Kier molecular flexibility index (Phi) is 4.57. The van der Waals surface area contributed by atoms with Gasteiger partial charge in [-0.2, -0.15) is 0 Å². The van der Waals surface area contributed by atoms with E-state index < -0.39 is 0 Å². The Balaban J connectivity index is 1.80. The zero-order valence-electron chi connectivity index (χ0n) is 14.6. The number of rotatable bonds is 4. The molecule has 5 nitrogen and oxygen atoms in total. The Bertz CT molecular complexity index is 926. The molecule has 2 N–H and O–H groups in total. The first kappa shape index (κ1) is 16.8. The molecule has 0 fully saturated rings. The molecule has 3 aromatic rings. The molecule has 3 rings (SSSR count). The molecule has 2 aromatic carbocycles. The van der Waals surface area contributed by atoms with Gasteiger partial charge in [-0.3, -0.25) is 9.59 Å². The summed E-state index contributed by atoms with van der Waals surface area (Å²) in [4.78, 5) is 29.5. The topological polar surface area (TPSA) is 65.2 Å². The predicted octanol–water partition coefficient (Wildman–Crippen LogP) is 3.11. The average molecular weight is 335 g/mol. The van der Waals surface area contributed by atoms with Crippen LogP contribution in [0.15, 0.2) is 48.5 Å². The van der Waals surface area contributed by atoms with Crippen molar-refractivity contribution in [3.63, 3.8) is 0 Å². The van der Waals surface area contributed by atoms with Gasteiger partial charge in [0.1, 0.15) is 0 Å². The maximum atomic E-state index is 12.9. The second kappa shape index (κ2) is 6.81. The molecule has 1 heterocycles. The Morgan fingerprint density at radius 3 is 2.44 bits per heavy atom. The van der Waals surface area contributed by atoms with Crippen LogP contribution in [0.4, 0.5) is 0 Å². The minimum atomic E-state index is -0.120. The monoisotopic (exact) mass is 335 g/mol. The van der Waals surface area contributed by atoms with E-state index in [1.165, 1.54) is 0 Å². The van der Waals surface area contributed by atoms with Crippen molar-refractivity contribution in [2.75, 3.05) is 14.1 Å². The summed E-state index contributed by atoms with van der Waals surface area (Å²) in [7, 11) is 3.39. The number of nitrogens with zero attached hydrogens (tertiary/aromatic N) is 1. The number of aryl methyl sites for hydroxylation is 1. The fourth-order valence-electron chi connectivity index (χ4n) is 2.99. The van der Waals surface area contributed by atoms with Gasteiger partial charge in [0.25, 0.3) is 11.8 Å². The van der Waals surface area contributed by atoms with E-state index >= 15 is 0 Å². The molecule has 1 aromatic heterocycles. The molecule has 0 aliphatic heterocycles. The smallest absolute Gasteiger partial charge is 0.256 e. The highest BCUT2D eigenvalue weighted by molar-refractivity contribution is 6.08. The van der Waals surface area contributed by atoms with Crippen LogP contribution in [-0.4, -0.2) is 35.8 Å². The lowest BCUT2D eigenvalue weighted by molar-refractivity contribution is 0.0786. The third-order valence-electron chi connectivity index (χ3n) is 4.32. The summed E-state index contributed by atoms with van der Waals surface area (Å²) in [5.74, 6) is -0.143. The SMILES string of the molecule is CNC(=O)c1ccc(CN(C)C(=O)c2c(C)[nH]c3ccccc23)cc1. The number of aromatic nitrogens is 1. The van der Waals surface area contributed by atoms with Crippen LogP contribution in [0.25, 0.3) is 10.9 Å². The predicted molar refractivity (Wildman–Crippen MR) is 98.7 cm³/mol. The molecule has 0 aliphatic carbocycles. The normalized spacial score (nSPS) is 10.7. The van der Waals surface area contributed by atoms with Crippen LogP contribution in [-0.2, 0) is 6.54 Å². The first-order valence-electron chi connectivity index (χ1n) is 8.15. The van der Waals surface area contributed by atoms with E-state index in [9.17, 15) is 9.59 Å². The van der Waals surface area contributed by atoms with Crippen LogP contribution < -0.4 is 5.32 Å². The molecule has 0 atom stereocenters. The number of carbonyl (C=O) groups is 2. The van der Waals surface area contributed by atoms with Gasteiger partial charge in [0.2, 0.25) is 0 Å². The number of hydrogen-bond donors (Lipinski definition) is 2. The Morgan fingerprint density at radius 1 is 1.08 bits per heavy atom. The summed E-state index contributed by atoms with van der Waals surface area (Å²) in [6, 6.07) is 15.1. The summed E-state index contributed by atoms with van der Waals surface area (Å²) in [6.45, 7) is 2.39. The summed E-state index contributed by atoms with van der Waals surface area (Å²) >= 11 is 0. The van der Waals surface area contributed by atoms with Crippen molar-refractivity contribution < 1.29 is 9.59 Å². The second-order valence-corrected chi connectivity index (χ2v) is 6.11. The summed E-state index contributed by atoms with van der Waals surface area (Å²) < 4.78 is 0. The molecule has 0 bridgehead atoms. The van der Waals surface area contributed by atoms with E-state index in [1.54, 1.807) is 31.1 Å². The van der Waals surface area contributed by atoms with Crippen LogP contribution in [0, 0.1) is 6.92 Å². The average Bonchev–Trinajstić information content (AvgIpc) is 2.96. The van der Waals surface area contributed by atoms with E-state index in [-0.39, 0.29) is 11.8 Å². The summed E-state index contributed by atoms with van der Waals surface area (Å²) in [5, 5.41) is 3.53. The number of nitrogens with one attached hydrogen (secondary N) is 2. The Labute approximate surface area is 146 Å². The number of amides is 2. The standard InChI is InChI=1S/C20H21N3O2/c1-13-18(16-6-4-5-7-17(16)22-13)20(25)23(3)12-14-8-10-15(11-9-14)19(24)21-2/h4-11,22H,12H2,1-3H3,(H,21,24). The summed E-state index contributed by atoms with van der Waals surface area (Å²) in [5.41, 5.74) is 4.12. The molecule has 0 saturated carbocycles. The zero-order valence-corrected chi connectivity index (χ0v) is 14.6. The molecule has 0 saturated heterocycles. The number of H-pyrrole nitrogens is 1. The number of benzene rings is 2.